The summed E-state index contributed by atoms with van der Waals surface area (Å²) in [6.07, 6.45) is -2.92. The lowest BCUT2D eigenvalue weighted by atomic mass is 10.2. The predicted octanol–water partition coefficient (Wildman–Crippen LogP) is 2.13. The lowest BCUT2D eigenvalue weighted by Crippen LogP contribution is -2.50. The molecule has 1 heterocycles. The zero-order valence-corrected chi connectivity index (χ0v) is 9.61. The molecule has 0 saturated heterocycles. The number of nitrogens with zero attached hydrogens (tertiary/aromatic N) is 2. The number of likely N-dealkylation sites (N-methyl/N-ethyl adjacent to an activating group) is 1. The second-order valence-corrected chi connectivity index (χ2v) is 3.64. The van der Waals surface area contributed by atoms with Gasteiger partial charge in [-0.05, 0) is 13.0 Å². The van der Waals surface area contributed by atoms with Crippen molar-refractivity contribution in [3.63, 3.8) is 0 Å². The standard InChI is InChI=1S/C11H7F3N2O3/c1-2-16-8-4-7(15-5-17)6(12)3-9(8)19-11(13,14)10(16)18/h3-4H,2H2,1H3. The van der Waals surface area contributed by atoms with Crippen LogP contribution in [-0.2, 0) is 9.59 Å². The highest BCUT2D eigenvalue weighted by Gasteiger charge is 2.50. The van der Waals surface area contributed by atoms with Gasteiger partial charge in [-0.3, -0.25) is 4.79 Å². The van der Waals surface area contributed by atoms with Crippen molar-refractivity contribution in [2.24, 2.45) is 4.99 Å². The zero-order valence-electron chi connectivity index (χ0n) is 9.61. The molecule has 1 amide bonds. The van der Waals surface area contributed by atoms with Crippen LogP contribution in [0, 0.1) is 5.82 Å². The molecule has 0 unspecified atom stereocenters. The third kappa shape index (κ3) is 2.06. The summed E-state index contributed by atoms with van der Waals surface area (Å²) in [4.78, 5) is 25.4. The third-order valence-corrected chi connectivity index (χ3v) is 2.53. The van der Waals surface area contributed by atoms with Crippen molar-refractivity contribution in [2.75, 3.05) is 11.4 Å². The quantitative estimate of drug-likeness (QED) is 0.612. The van der Waals surface area contributed by atoms with E-state index in [2.05, 4.69) is 9.73 Å². The summed E-state index contributed by atoms with van der Waals surface area (Å²) >= 11 is 0. The molecule has 0 saturated carbocycles. The molecule has 0 radical (unpaired) electrons. The highest BCUT2D eigenvalue weighted by atomic mass is 19.3. The number of fused-ring (bicyclic) bond motifs is 1. The van der Waals surface area contributed by atoms with Gasteiger partial charge in [-0.2, -0.15) is 13.8 Å². The topological polar surface area (TPSA) is 59.0 Å². The van der Waals surface area contributed by atoms with Crippen LogP contribution in [0.4, 0.5) is 24.5 Å². The summed E-state index contributed by atoms with van der Waals surface area (Å²) < 4.78 is 44.2. The van der Waals surface area contributed by atoms with Crippen LogP contribution in [0.1, 0.15) is 6.92 Å². The van der Waals surface area contributed by atoms with Crippen LogP contribution in [-0.4, -0.2) is 24.6 Å². The molecule has 2 rings (SSSR count). The number of carbonyl (C=O) groups excluding carboxylic acids is 2. The van der Waals surface area contributed by atoms with Crippen LogP contribution in [0.15, 0.2) is 17.1 Å². The number of amides is 1. The Bertz CT molecular complexity index is 597. The van der Waals surface area contributed by atoms with E-state index in [-0.39, 0.29) is 12.2 Å². The van der Waals surface area contributed by atoms with Crippen molar-refractivity contribution in [3.05, 3.63) is 17.9 Å². The molecule has 100 valence electrons. The van der Waals surface area contributed by atoms with Gasteiger partial charge in [0, 0.05) is 12.6 Å². The van der Waals surface area contributed by atoms with Gasteiger partial charge in [-0.1, -0.05) is 0 Å². The fourth-order valence-corrected chi connectivity index (χ4v) is 1.72. The third-order valence-electron chi connectivity index (χ3n) is 2.53. The highest BCUT2D eigenvalue weighted by molar-refractivity contribution is 6.01. The molecule has 1 aliphatic heterocycles. The van der Waals surface area contributed by atoms with Crippen LogP contribution in [0.3, 0.4) is 0 Å². The van der Waals surface area contributed by atoms with E-state index in [4.69, 9.17) is 0 Å². The number of halogens is 3. The Kier molecular flexibility index (Phi) is 3.03. The summed E-state index contributed by atoms with van der Waals surface area (Å²) in [5, 5.41) is 0. The summed E-state index contributed by atoms with van der Waals surface area (Å²) in [5.74, 6) is -3.08. The first kappa shape index (κ1) is 13.1. The molecular formula is C11H7F3N2O3. The summed E-state index contributed by atoms with van der Waals surface area (Å²) in [5.41, 5.74) is -0.484. The van der Waals surface area contributed by atoms with Crippen LogP contribution < -0.4 is 9.64 Å². The molecule has 19 heavy (non-hydrogen) atoms. The number of hydrogen-bond acceptors (Lipinski definition) is 4. The molecule has 8 heteroatoms. The molecule has 0 N–H and O–H groups in total. The number of alkyl halides is 2. The molecule has 1 aliphatic rings. The van der Waals surface area contributed by atoms with Crippen LogP contribution in [0.2, 0.25) is 0 Å². The van der Waals surface area contributed by atoms with Gasteiger partial charge in [0.2, 0.25) is 6.08 Å². The monoisotopic (exact) mass is 272 g/mol. The first-order valence-electron chi connectivity index (χ1n) is 5.21. The number of aliphatic imine (C=N–C) groups is 1. The minimum Gasteiger partial charge on any atom is -0.423 e. The predicted molar refractivity (Wildman–Crippen MR) is 57.8 cm³/mol. The Morgan fingerprint density at radius 3 is 2.74 bits per heavy atom. The minimum absolute atomic E-state index is 0.0688. The number of carbonyl (C=O) groups is 1. The number of rotatable bonds is 2. The van der Waals surface area contributed by atoms with E-state index in [1.807, 2.05) is 0 Å². The summed E-state index contributed by atoms with van der Waals surface area (Å²) in [6, 6.07) is 1.63. The van der Waals surface area contributed by atoms with Gasteiger partial charge in [0.1, 0.15) is 5.69 Å². The van der Waals surface area contributed by atoms with Crippen molar-refractivity contribution in [3.8, 4) is 5.75 Å². The number of benzene rings is 1. The SMILES string of the molecule is CCN1C(=O)C(F)(F)Oc2cc(F)c(N=C=O)cc21. The van der Waals surface area contributed by atoms with Crippen molar-refractivity contribution in [1.82, 2.24) is 0 Å². The second-order valence-electron chi connectivity index (χ2n) is 3.64. The number of isocyanates is 1. The van der Waals surface area contributed by atoms with Crippen molar-refractivity contribution >= 4 is 23.4 Å². The lowest BCUT2D eigenvalue weighted by molar-refractivity contribution is -0.192. The molecule has 0 aliphatic carbocycles. The normalized spacial score (nSPS) is 16.4. The van der Waals surface area contributed by atoms with Crippen LogP contribution >= 0.6 is 0 Å². The lowest BCUT2D eigenvalue weighted by Gasteiger charge is -2.32. The van der Waals surface area contributed by atoms with Crippen molar-refractivity contribution < 1.29 is 27.5 Å². The Morgan fingerprint density at radius 1 is 1.47 bits per heavy atom. The fraction of sp³-hybridized carbons (Fsp3) is 0.273. The Labute approximate surface area is 105 Å². The van der Waals surface area contributed by atoms with Gasteiger partial charge in [-0.15, -0.1) is 0 Å². The molecular weight excluding hydrogens is 265 g/mol. The Balaban J connectivity index is 2.63. The smallest absolute Gasteiger partial charge is 0.423 e. The number of hydrogen-bond donors (Lipinski definition) is 0. The highest BCUT2D eigenvalue weighted by Crippen LogP contribution is 2.42. The molecule has 0 fully saturated rings. The number of anilines is 1. The van der Waals surface area contributed by atoms with Crippen LogP contribution in [0.25, 0.3) is 0 Å². The van der Waals surface area contributed by atoms with Gasteiger partial charge in [0.15, 0.2) is 11.6 Å². The maximum absolute atomic E-state index is 13.4. The van der Waals surface area contributed by atoms with E-state index < -0.39 is 29.3 Å². The van der Waals surface area contributed by atoms with Crippen LogP contribution in [0.5, 0.6) is 5.75 Å². The molecule has 5 nitrogen and oxygen atoms in total. The average Bonchev–Trinajstić information content (AvgIpc) is 2.33. The Hall–Kier alpha value is -2.34. The Morgan fingerprint density at radius 2 is 2.16 bits per heavy atom. The van der Waals surface area contributed by atoms with Crippen molar-refractivity contribution in [2.45, 2.75) is 13.0 Å². The maximum atomic E-state index is 13.4. The molecule has 0 spiro atoms. The molecule has 1 aromatic rings. The van der Waals surface area contributed by atoms with Gasteiger partial charge >= 0.3 is 12.0 Å². The molecule has 0 bridgehead atoms. The zero-order chi connectivity index (χ0) is 14.2. The van der Waals surface area contributed by atoms with Gasteiger partial charge < -0.3 is 9.64 Å². The van der Waals surface area contributed by atoms with E-state index in [9.17, 15) is 22.8 Å². The summed E-state index contributed by atoms with van der Waals surface area (Å²) in [7, 11) is 0. The second kappa shape index (κ2) is 4.40. The van der Waals surface area contributed by atoms with E-state index in [1.165, 1.54) is 6.92 Å². The van der Waals surface area contributed by atoms with Crippen molar-refractivity contribution in [1.29, 1.82) is 0 Å². The van der Waals surface area contributed by atoms with Gasteiger partial charge in [0.25, 0.3) is 0 Å². The molecule has 0 atom stereocenters. The van der Waals surface area contributed by atoms with Gasteiger partial charge in [0.05, 0.1) is 5.69 Å². The van der Waals surface area contributed by atoms with E-state index in [0.29, 0.717) is 6.07 Å². The van der Waals surface area contributed by atoms with E-state index in [1.54, 1.807) is 0 Å². The van der Waals surface area contributed by atoms with E-state index >= 15 is 0 Å². The maximum Gasteiger partial charge on any atom is 0.482 e. The fourth-order valence-electron chi connectivity index (χ4n) is 1.72. The van der Waals surface area contributed by atoms with E-state index in [0.717, 1.165) is 17.0 Å². The summed E-state index contributed by atoms with van der Waals surface area (Å²) in [6.45, 7) is 1.40. The molecule has 0 aromatic heterocycles. The largest absolute Gasteiger partial charge is 0.482 e. The molecule has 1 aromatic carbocycles. The first-order chi connectivity index (χ1) is 8.90. The average molecular weight is 272 g/mol. The van der Waals surface area contributed by atoms with Gasteiger partial charge in [-0.25, -0.2) is 9.18 Å². The first-order valence-corrected chi connectivity index (χ1v) is 5.21. The number of ether oxygens (including phenoxy) is 1. The minimum atomic E-state index is -4.05.